The third kappa shape index (κ3) is 1.62. The van der Waals surface area contributed by atoms with Gasteiger partial charge >= 0.3 is 0 Å². The molecule has 2 aromatic carbocycles. The van der Waals surface area contributed by atoms with E-state index in [1.165, 1.54) is 0 Å². The second-order valence-corrected chi connectivity index (χ2v) is 3.91. The zero-order valence-corrected chi connectivity index (χ0v) is 10.2. The number of fused-ring (bicyclic) bond motifs is 2. The molecule has 3 rings (SSSR count). The second-order valence-electron chi connectivity index (χ2n) is 3.91. The number of ether oxygens (including phenoxy) is 2. The van der Waals surface area contributed by atoms with Crippen molar-refractivity contribution < 1.29 is 9.47 Å². The van der Waals surface area contributed by atoms with E-state index < -0.39 is 0 Å². The zero-order chi connectivity index (χ0) is 12.5. The third-order valence-corrected chi connectivity index (χ3v) is 2.85. The molecule has 18 heavy (non-hydrogen) atoms. The van der Waals surface area contributed by atoms with Crippen LogP contribution in [0.4, 0.5) is 0 Å². The number of nitrogens with zero attached hydrogens (tertiary/aromatic N) is 2. The SMILES string of the molecule is COc1ccc2nc3c(OC)cccc3nc2c1. The topological polar surface area (TPSA) is 44.2 Å². The van der Waals surface area contributed by atoms with Crippen LogP contribution in [0.5, 0.6) is 11.5 Å². The van der Waals surface area contributed by atoms with Crippen molar-refractivity contribution in [2.24, 2.45) is 0 Å². The summed E-state index contributed by atoms with van der Waals surface area (Å²) in [6, 6.07) is 11.4. The minimum Gasteiger partial charge on any atom is -0.497 e. The highest BCUT2D eigenvalue weighted by Gasteiger charge is 2.06. The molecular weight excluding hydrogens is 228 g/mol. The van der Waals surface area contributed by atoms with Gasteiger partial charge in [0.15, 0.2) is 0 Å². The molecule has 0 amide bonds. The summed E-state index contributed by atoms with van der Waals surface area (Å²) in [5.41, 5.74) is 3.23. The summed E-state index contributed by atoms with van der Waals surface area (Å²) in [6.45, 7) is 0. The van der Waals surface area contributed by atoms with E-state index >= 15 is 0 Å². The fourth-order valence-corrected chi connectivity index (χ4v) is 1.94. The number of hydrogen-bond acceptors (Lipinski definition) is 4. The molecule has 0 aliphatic rings. The van der Waals surface area contributed by atoms with Gasteiger partial charge in [0.25, 0.3) is 0 Å². The maximum Gasteiger partial charge on any atom is 0.146 e. The molecule has 0 N–H and O–H groups in total. The summed E-state index contributed by atoms with van der Waals surface area (Å²) < 4.78 is 10.5. The van der Waals surface area contributed by atoms with Crippen LogP contribution in [0.1, 0.15) is 0 Å². The lowest BCUT2D eigenvalue weighted by Gasteiger charge is -2.06. The van der Waals surface area contributed by atoms with Crippen LogP contribution in [0.25, 0.3) is 22.1 Å². The monoisotopic (exact) mass is 240 g/mol. The zero-order valence-electron chi connectivity index (χ0n) is 10.2. The molecule has 0 aliphatic heterocycles. The molecular formula is C14H12N2O2. The van der Waals surface area contributed by atoms with Crippen LogP contribution in [0.15, 0.2) is 36.4 Å². The van der Waals surface area contributed by atoms with Gasteiger partial charge in [-0.25, -0.2) is 9.97 Å². The Morgan fingerprint density at radius 2 is 1.72 bits per heavy atom. The van der Waals surface area contributed by atoms with E-state index in [9.17, 15) is 0 Å². The highest BCUT2D eigenvalue weighted by atomic mass is 16.5. The first-order valence-electron chi connectivity index (χ1n) is 5.60. The van der Waals surface area contributed by atoms with Crippen molar-refractivity contribution in [1.82, 2.24) is 9.97 Å². The molecule has 0 saturated carbocycles. The van der Waals surface area contributed by atoms with E-state index in [1.807, 2.05) is 36.4 Å². The molecule has 0 spiro atoms. The summed E-state index contributed by atoms with van der Waals surface area (Å²) >= 11 is 0. The van der Waals surface area contributed by atoms with Crippen LogP contribution >= 0.6 is 0 Å². The Morgan fingerprint density at radius 1 is 0.833 bits per heavy atom. The van der Waals surface area contributed by atoms with Gasteiger partial charge in [0.1, 0.15) is 17.0 Å². The van der Waals surface area contributed by atoms with Crippen LogP contribution in [-0.4, -0.2) is 24.2 Å². The molecule has 0 unspecified atom stereocenters. The van der Waals surface area contributed by atoms with Gasteiger partial charge in [-0.2, -0.15) is 0 Å². The Bertz CT molecular complexity index is 725. The van der Waals surface area contributed by atoms with E-state index in [0.717, 1.165) is 33.6 Å². The van der Waals surface area contributed by atoms with Gasteiger partial charge in [-0.05, 0) is 24.3 Å². The minimum atomic E-state index is 0.734. The first-order valence-corrected chi connectivity index (χ1v) is 5.60. The van der Waals surface area contributed by atoms with Crippen LogP contribution < -0.4 is 9.47 Å². The van der Waals surface area contributed by atoms with E-state index in [2.05, 4.69) is 9.97 Å². The highest BCUT2D eigenvalue weighted by Crippen LogP contribution is 2.26. The molecule has 4 nitrogen and oxygen atoms in total. The average Bonchev–Trinajstić information content (AvgIpc) is 2.43. The smallest absolute Gasteiger partial charge is 0.146 e. The van der Waals surface area contributed by atoms with Gasteiger partial charge in [0.2, 0.25) is 0 Å². The standard InChI is InChI=1S/C14H12N2O2/c1-17-9-6-7-10-12(8-9)15-11-4-3-5-13(18-2)14(11)16-10/h3-8H,1-2H3. The maximum atomic E-state index is 5.29. The first kappa shape index (κ1) is 10.8. The lowest BCUT2D eigenvalue weighted by molar-refractivity contribution is 0.415. The molecule has 1 aromatic heterocycles. The minimum absolute atomic E-state index is 0.734. The number of aromatic nitrogens is 2. The van der Waals surface area contributed by atoms with E-state index in [1.54, 1.807) is 14.2 Å². The van der Waals surface area contributed by atoms with Gasteiger partial charge in [0, 0.05) is 6.07 Å². The van der Waals surface area contributed by atoms with Crippen molar-refractivity contribution in [3.05, 3.63) is 36.4 Å². The molecule has 4 heteroatoms. The summed E-state index contributed by atoms with van der Waals surface area (Å²) in [4.78, 5) is 9.15. The molecule has 0 bridgehead atoms. The molecule has 0 aliphatic carbocycles. The normalized spacial score (nSPS) is 10.8. The average molecular weight is 240 g/mol. The summed E-state index contributed by atoms with van der Waals surface area (Å²) in [5, 5.41) is 0. The maximum absolute atomic E-state index is 5.29. The van der Waals surface area contributed by atoms with E-state index in [4.69, 9.17) is 9.47 Å². The highest BCUT2D eigenvalue weighted by molar-refractivity contribution is 5.90. The second kappa shape index (κ2) is 4.14. The van der Waals surface area contributed by atoms with E-state index in [-0.39, 0.29) is 0 Å². The Hall–Kier alpha value is -2.36. The number of benzene rings is 2. The molecule has 0 fully saturated rings. The summed E-state index contributed by atoms with van der Waals surface area (Å²) in [5.74, 6) is 1.51. The fourth-order valence-electron chi connectivity index (χ4n) is 1.94. The van der Waals surface area contributed by atoms with Crippen molar-refractivity contribution in [3.8, 4) is 11.5 Å². The van der Waals surface area contributed by atoms with Crippen molar-refractivity contribution in [1.29, 1.82) is 0 Å². The summed E-state index contributed by atoms with van der Waals surface area (Å²) in [7, 11) is 3.27. The molecule has 1 heterocycles. The van der Waals surface area contributed by atoms with Gasteiger partial charge in [-0.3, -0.25) is 0 Å². The first-order chi connectivity index (χ1) is 8.81. The van der Waals surface area contributed by atoms with Crippen LogP contribution in [-0.2, 0) is 0 Å². The fraction of sp³-hybridized carbons (Fsp3) is 0.143. The lowest BCUT2D eigenvalue weighted by atomic mass is 10.2. The molecule has 90 valence electrons. The number of rotatable bonds is 2. The van der Waals surface area contributed by atoms with Gasteiger partial charge < -0.3 is 9.47 Å². The van der Waals surface area contributed by atoms with Crippen molar-refractivity contribution in [2.75, 3.05) is 14.2 Å². The number of para-hydroxylation sites is 1. The Kier molecular flexibility index (Phi) is 2.48. The molecule has 0 radical (unpaired) electrons. The van der Waals surface area contributed by atoms with Crippen LogP contribution in [0.2, 0.25) is 0 Å². The number of hydrogen-bond donors (Lipinski definition) is 0. The quantitative estimate of drug-likeness (QED) is 0.646. The Morgan fingerprint density at radius 3 is 2.50 bits per heavy atom. The van der Waals surface area contributed by atoms with Gasteiger partial charge in [0.05, 0.1) is 30.8 Å². The van der Waals surface area contributed by atoms with Crippen molar-refractivity contribution in [3.63, 3.8) is 0 Å². The Labute approximate surface area is 104 Å². The largest absolute Gasteiger partial charge is 0.497 e. The Balaban J connectivity index is 2.35. The van der Waals surface area contributed by atoms with Gasteiger partial charge in [-0.1, -0.05) is 6.07 Å². The molecule has 0 saturated heterocycles. The number of methoxy groups -OCH3 is 2. The third-order valence-electron chi connectivity index (χ3n) is 2.85. The lowest BCUT2D eigenvalue weighted by Crippen LogP contribution is -1.92. The predicted octanol–water partition coefficient (Wildman–Crippen LogP) is 2.80. The van der Waals surface area contributed by atoms with Crippen molar-refractivity contribution in [2.45, 2.75) is 0 Å². The van der Waals surface area contributed by atoms with E-state index in [0.29, 0.717) is 0 Å². The van der Waals surface area contributed by atoms with Crippen LogP contribution in [0, 0.1) is 0 Å². The molecule has 0 atom stereocenters. The molecule has 3 aromatic rings. The van der Waals surface area contributed by atoms with Gasteiger partial charge in [-0.15, -0.1) is 0 Å². The van der Waals surface area contributed by atoms with Crippen molar-refractivity contribution >= 4 is 22.1 Å². The predicted molar refractivity (Wildman–Crippen MR) is 70.1 cm³/mol. The van der Waals surface area contributed by atoms with Crippen LogP contribution in [0.3, 0.4) is 0 Å². The summed E-state index contributed by atoms with van der Waals surface area (Å²) in [6.07, 6.45) is 0.